The third-order valence-electron chi connectivity index (χ3n) is 5.70. The molecule has 1 saturated carbocycles. The zero-order valence-electron chi connectivity index (χ0n) is 14.6. The summed E-state index contributed by atoms with van der Waals surface area (Å²) in [5, 5.41) is 0. The summed E-state index contributed by atoms with van der Waals surface area (Å²) in [6, 6.07) is 10.7. The number of likely N-dealkylation sites (tertiary alicyclic amines) is 1. The molecule has 2 aliphatic heterocycles. The van der Waals surface area contributed by atoms with Crippen LogP contribution in [0.25, 0.3) is 0 Å². The van der Waals surface area contributed by atoms with E-state index in [4.69, 9.17) is 9.47 Å². The molecule has 3 fully saturated rings. The van der Waals surface area contributed by atoms with Gasteiger partial charge in [-0.2, -0.15) is 0 Å². The molecule has 136 valence electrons. The van der Waals surface area contributed by atoms with Crippen LogP contribution in [0.4, 0.5) is 4.79 Å². The molecule has 0 atom stereocenters. The van der Waals surface area contributed by atoms with Crippen LogP contribution in [0.5, 0.6) is 0 Å². The van der Waals surface area contributed by atoms with Gasteiger partial charge in [0, 0.05) is 30.6 Å². The number of ether oxygens (including phenoxy) is 2. The zero-order valence-corrected chi connectivity index (χ0v) is 14.6. The first-order chi connectivity index (χ1) is 12.2. The Hall–Kier alpha value is -1.63. The van der Waals surface area contributed by atoms with Gasteiger partial charge in [0.1, 0.15) is 6.61 Å². The minimum atomic E-state index is -0.416. The lowest BCUT2D eigenvalue weighted by Gasteiger charge is -2.58. The van der Waals surface area contributed by atoms with Crippen molar-refractivity contribution in [2.45, 2.75) is 44.4 Å². The SMILES string of the molecule is O=C(NNC1CCC(N2CC3(COC3)C2)CC1)OCc1ccccc1. The maximum atomic E-state index is 11.8. The van der Waals surface area contributed by atoms with Crippen molar-refractivity contribution in [3.63, 3.8) is 0 Å². The fraction of sp³-hybridized carbons (Fsp3) is 0.632. The smallest absolute Gasteiger partial charge is 0.421 e. The van der Waals surface area contributed by atoms with Gasteiger partial charge in [-0.15, -0.1) is 0 Å². The molecule has 6 heteroatoms. The molecule has 2 N–H and O–H groups in total. The average Bonchev–Trinajstić information content (AvgIpc) is 2.58. The van der Waals surface area contributed by atoms with Gasteiger partial charge >= 0.3 is 6.09 Å². The number of hydrazine groups is 1. The van der Waals surface area contributed by atoms with Crippen molar-refractivity contribution >= 4 is 6.09 Å². The highest BCUT2D eigenvalue weighted by atomic mass is 16.6. The van der Waals surface area contributed by atoms with Crippen molar-refractivity contribution in [1.82, 2.24) is 15.8 Å². The Morgan fingerprint density at radius 1 is 1.16 bits per heavy atom. The van der Waals surface area contributed by atoms with Crippen LogP contribution in [-0.2, 0) is 16.1 Å². The molecule has 2 heterocycles. The number of benzene rings is 1. The zero-order chi connectivity index (χ0) is 17.1. The van der Waals surface area contributed by atoms with E-state index in [0.29, 0.717) is 24.1 Å². The van der Waals surface area contributed by atoms with Crippen LogP contribution >= 0.6 is 0 Å². The summed E-state index contributed by atoms with van der Waals surface area (Å²) >= 11 is 0. The molecule has 1 spiro atoms. The Labute approximate surface area is 148 Å². The van der Waals surface area contributed by atoms with Crippen molar-refractivity contribution in [3.8, 4) is 0 Å². The Bertz CT molecular complexity index is 575. The summed E-state index contributed by atoms with van der Waals surface area (Å²) in [5.41, 5.74) is 7.30. The van der Waals surface area contributed by atoms with Crippen molar-refractivity contribution in [1.29, 1.82) is 0 Å². The third-order valence-corrected chi connectivity index (χ3v) is 5.70. The highest BCUT2D eigenvalue weighted by molar-refractivity contribution is 5.66. The van der Waals surface area contributed by atoms with E-state index in [1.165, 1.54) is 25.9 Å². The molecule has 0 bridgehead atoms. The topological polar surface area (TPSA) is 62.8 Å². The Morgan fingerprint density at radius 2 is 1.88 bits per heavy atom. The molecule has 25 heavy (non-hydrogen) atoms. The second kappa shape index (κ2) is 7.32. The van der Waals surface area contributed by atoms with Crippen molar-refractivity contribution < 1.29 is 14.3 Å². The van der Waals surface area contributed by atoms with E-state index in [9.17, 15) is 4.79 Å². The molecule has 1 amide bonds. The number of hydrogen-bond acceptors (Lipinski definition) is 5. The lowest BCUT2D eigenvalue weighted by atomic mass is 9.75. The summed E-state index contributed by atoms with van der Waals surface area (Å²) in [4.78, 5) is 14.4. The van der Waals surface area contributed by atoms with Gasteiger partial charge < -0.3 is 9.47 Å². The summed E-state index contributed by atoms with van der Waals surface area (Å²) in [6.07, 6.45) is 4.14. The highest BCUT2D eigenvalue weighted by Crippen LogP contribution is 2.40. The number of hydrogen-bond donors (Lipinski definition) is 2. The molecule has 0 unspecified atom stereocenters. The van der Waals surface area contributed by atoms with E-state index in [0.717, 1.165) is 31.6 Å². The Balaban J connectivity index is 1.10. The van der Waals surface area contributed by atoms with Crippen molar-refractivity contribution in [2.24, 2.45) is 5.41 Å². The molecule has 3 aliphatic rings. The van der Waals surface area contributed by atoms with Gasteiger partial charge in [-0.05, 0) is 31.2 Å². The summed E-state index contributed by atoms with van der Waals surface area (Å²) < 4.78 is 10.6. The van der Waals surface area contributed by atoms with Crippen LogP contribution in [0.2, 0.25) is 0 Å². The van der Waals surface area contributed by atoms with Crippen molar-refractivity contribution in [3.05, 3.63) is 35.9 Å². The molecule has 1 aromatic rings. The quantitative estimate of drug-likeness (QED) is 0.800. The lowest BCUT2D eigenvalue weighted by molar-refractivity contribution is -0.200. The van der Waals surface area contributed by atoms with Gasteiger partial charge in [-0.3, -0.25) is 10.3 Å². The van der Waals surface area contributed by atoms with Crippen LogP contribution in [0, 0.1) is 5.41 Å². The molecule has 2 saturated heterocycles. The van der Waals surface area contributed by atoms with E-state index >= 15 is 0 Å². The second-order valence-electron chi connectivity index (χ2n) is 7.73. The molecule has 1 aliphatic carbocycles. The van der Waals surface area contributed by atoms with Gasteiger partial charge in [-0.1, -0.05) is 30.3 Å². The summed E-state index contributed by atoms with van der Waals surface area (Å²) in [7, 11) is 0. The van der Waals surface area contributed by atoms with Crippen LogP contribution in [-0.4, -0.2) is 49.4 Å². The predicted molar refractivity (Wildman–Crippen MR) is 93.8 cm³/mol. The standard InChI is InChI=1S/C19H27N3O3/c23-18(25-10-15-4-2-1-3-5-15)21-20-16-6-8-17(9-7-16)22-11-19(12-22)13-24-14-19/h1-5,16-17,20H,6-14H2,(H,21,23). The molecule has 1 aromatic carbocycles. The van der Waals surface area contributed by atoms with E-state index in [1.54, 1.807) is 0 Å². The predicted octanol–water partition coefficient (Wildman–Crippen LogP) is 2.06. The molecule has 0 radical (unpaired) electrons. The third kappa shape index (κ3) is 3.97. The number of nitrogens with zero attached hydrogens (tertiary/aromatic N) is 1. The Morgan fingerprint density at radius 3 is 2.52 bits per heavy atom. The molecule has 0 aromatic heterocycles. The van der Waals surface area contributed by atoms with Gasteiger partial charge in [0.2, 0.25) is 0 Å². The van der Waals surface area contributed by atoms with Crippen LogP contribution < -0.4 is 10.9 Å². The van der Waals surface area contributed by atoms with Crippen LogP contribution in [0.1, 0.15) is 31.2 Å². The summed E-state index contributed by atoms with van der Waals surface area (Å²) in [5.74, 6) is 0. The molecule has 6 nitrogen and oxygen atoms in total. The van der Waals surface area contributed by atoms with E-state index in [2.05, 4.69) is 15.8 Å². The number of carbonyl (C=O) groups is 1. The lowest BCUT2D eigenvalue weighted by Crippen LogP contribution is -2.68. The first-order valence-corrected chi connectivity index (χ1v) is 9.27. The Kier molecular flexibility index (Phi) is 4.92. The minimum absolute atomic E-state index is 0.293. The molecular formula is C19H27N3O3. The first-order valence-electron chi connectivity index (χ1n) is 9.27. The number of rotatable bonds is 5. The monoisotopic (exact) mass is 345 g/mol. The molecule has 4 rings (SSSR count). The van der Waals surface area contributed by atoms with Gasteiger partial charge in [0.15, 0.2) is 0 Å². The number of carbonyl (C=O) groups excluding carboxylic acids is 1. The first kappa shape index (κ1) is 16.8. The van der Waals surface area contributed by atoms with E-state index < -0.39 is 6.09 Å². The highest BCUT2D eigenvalue weighted by Gasteiger charge is 2.50. The fourth-order valence-electron chi connectivity index (χ4n) is 4.15. The largest absolute Gasteiger partial charge is 0.444 e. The van der Waals surface area contributed by atoms with E-state index in [1.807, 2.05) is 30.3 Å². The van der Waals surface area contributed by atoms with Gasteiger partial charge in [0.25, 0.3) is 0 Å². The maximum Gasteiger partial charge on any atom is 0.421 e. The van der Waals surface area contributed by atoms with Crippen LogP contribution in [0.15, 0.2) is 30.3 Å². The number of nitrogens with one attached hydrogen (secondary N) is 2. The number of amides is 1. The second-order valence-corrected chi connectivity index (χ2v) is 7.73. The van der Waals surface area contributed by atoms with Gasteiger partial charge in [0.05, 0.1) is 13.2 Å². The summed E-state index contributed by atoms with van der Waals surface area (Å²) in [6.45, 7) is 4.62. The normalized spacial score (nSPS) is 28.0. The molecular weight excluding hydrogens is 318 g/mol. The minimum Gasteiger partial charge on any atom is -0.444 e. The average molecular weight is 345 g/mol. The fourth-order valence-corrected chi connectivity index (χ4v) is 4.15. The van der Waals surface area contributed by atoms with E-state index in [-0.39, 0.29) is 0 Å². The van der Waals surface area contributed by atoms with Crippen molar-refractivity contribution in [2.75, 3.05) is 26.3 Å². The van der Waals surface area contributed by atoms with Crippen LogP contribution in [0.3, 0.4) is 0 Å². The maximum absolute atomic E-state index is 11.8. The van der Waals surface area contributed by atoms with Gasteiger partial charge in [-0.25, -0.2) is 10.2 Å².